The van der Waals surface area contributed by atoms with Crippen molar-refractivity contribution < 1.29 is 22.8 Å². The first kappa shape index (κ1) is 20.3. The number of hydrogen-bond acceptors (Lipinski definition) is 5. The highest BCUT2D eigenvalue weighted by molar-refractivity contribution is 7.91. The quantitative estimate of drug-likeness (QED) is 0.705. The summed E-state index contributed by atoms with van der Waals surface area (Å²) in [4.78, 5) is 40.7. The van der Waals surface area contributed by atoms with E-state index in [0.29, 0.717) is 24.8 Å². The van der Waals surface area contributed by atoms with Gasteiger partial charge in [-0.25, -0.2) is 13.2 Å². The molecule has 1 aromatic rings. The van der Waals surface area contributed by atoms with Crippen LogP contribution >= 0.6 is 0 Å². The number of sulfone groups is 1. The standard InChI is InChI=1S/C19H25N3O5S/c1-3-10-19(14-7-5-4-6-8-14)17(24)22(18(25)20-19)12-16(23)21(2)15-9-11-28(26,27)13-15/h4-8,15H,3,9-13H2,1-2H3,(H,20,25)/t15-,19-/m1/s1. The van der Waals surface area contributed by atoms with Gasteiger partial charge in [-0.3, -0.25) is 14.5 Å². The Morgan fingerprint density at radius 3 is 2.54 bits per heavy atom. The lowest BCUT2D eigenvalue weighted by Gasteiger charge is -2.28. The maximum Gasteiger partial charge on any atom is 0.325 e. The number of urea groups is 1. The molecule has 2 aliphatic rings. The fourth-order valence-electron chi connectivity index (χ4n) is 3.91. The minimum absolute atomic E-state index is 0.0477. The largest absolute Gasteiger partial charge is 0.340 e. The van der Waals surface area contributed by atoms with Crippen molar-refractivity contribution in [1.82, 2.24) is 15.1 Å². The van der Waals surface area contributed by atoms with E-state index in [4.69, 9.17) is 0 Å². The normalized spacial score (nSPS) is 26.4. The van der Waals surface area contributed by atoms with E-state index in [2.05, 4.69) is 5.32 Å². The zero-order chi connectivity index (χ0) is 20.5. The molecule has 4 amide bonds. The Morgan fingerprint density at radius 2 is 1.96 bits per heavy atom. The van der Waals surface area contributed by atoms with Gasteiger partial charge in [-0.05, 0) is 18.4 Å². The SMILES string of the molecule is CCC[C@]1(c2ccccc2)NC(=O)N(CC(=O)N(C)[C@@H]2CCS(=O)(=O)C2)C1=O. The summed E-state index contributed by atoms with van der Waals surface area (Å²) in [6, 6.07) is 7.97. The van der Waals surface area contributed by atoms with Gasteiger partial charge in [0.15, 0.2) is 9.84 Å². The van der Waals surface area contributed by atoms with Crippen molar-refractivity contribution in [1.29, 1.82) is 0 Å². The second kappa shape index (κ2) is 7.54. The van der Waals surface area contributed by atoms with E-state index in [9.17, 15) is 22.8 Å². The molecule has 2 atom stereocenters. The molecule has 8 nitrogen and oxygen atoms in total. The molecular formula is C19H25N3O5S. The van der Waals surface area contributed by atoms with Crippen molar-refractivity contribution in [3.05, 3.63) is 35.9 Å². The zero-order valence-electron chi connectivity index (χ0n) is 16.1. The van der Waals surface area contributed by atoms with Gasteiger partial charge in [0.25, 0.3) is 5.91 Å². The molecule has 3 rings (SSSR count). The minimum Gasteiger partial charge on any atom is -0.340 e. The van der Waals surface area contributed by atoms with Crippen LogP contribution in [-0.4, -0.2) is 67.2 Å². The summed E-state index contributed by atoms with van der Waals surface area (Å²) in [5.41, 5.74) is -0.497. The average Bonchev–Trinajstić information content (AvgIpc) is 3.14. The number of likely N-dealkylation sites (N-methyl/N-ethyl adjacent to an activating group) is 1. The van der Waals surface area contributed by atoms with Crippen molar-refractivity contribution in [2.75, 3.05) is 25.1 Å². The van der Waals surface area contributed by atoms with Gasteiger partial charge in [0, 0.05) is 13.1 Å². The molecule has 0 aliphatic carbocycles. The number of benzene rings is 1. The lowest BCUT2D eigenvalue weighted by atomic mass is 9.85. The van der Waals surface area contributed by atoms with E-state index < -0.39 is 45.8 Å². The first-order chi connectivity index (χ1) is 13.2. The number of rotatable bonds is 6. The summed E-state index contributed by atoms with van der Waals surface area (Å²) in [6.07, 6.45) is 1.46. The number of nitrogens with one attached hydrogen (secondary N) is 1. The second-order valence-electron chi connectivity index (χ2n) is 7.40. The topological polar surface area (TPSA) is 104 Å². The maximum atomic E-state index is 13.2. The average molecular weight is 407 g/mol. The van der Waals surface area contributed by atoms with Crippen LogP contribution in [0.5, 0.6) is 0 Å². The molecule has 0 saturated carbocycles. The van der Waals surface area contributed by atoms with Gasteiger partial charge in [-0.1, -0.05) is 43.7 Å². The Kier molecular flexibility index (Phi) is 5.47. The predicted molar refractivity (Wildman–Crippen MR) is 103 cm³/mol. The zero-order valence-corrected chi connectivity index (χ0v) is 16.9. The van der Waals surface area contributed by atoms with E-state index in [1.807, 2.05) is 13.0 Å². The van der Waals surface area contributed by atoms with Crippen LogP contribution in [0.4, 0.5) is 4.79 Å². The van der Waals surface area contributed by atoms with Crippen molar-refractivity contribution in [3.8, 4) is 0 Å². The smallest absolute Gasteiger partial charge is 0.325 e. The van der Waals surface area contributed by atoms with Crippen LogP contribution in [0.1, 0.15) is 31.7 Å². The molecule has 9 heteroatoms. The summed E-state index contributed by atoms with van der Waals surface area (Å²) in [6.45, 7) is 1.52. The van der Waals surface area contributed by atoms with Gasteiger partial charge in [0.2, 0.25) is 5.91 Å². The van der Waals surface area contributed by atoms with Crippen LogP contribution in [0.25, 0.3) is 0 Å². The number of hydrogen-bond donors (Lipinski definition) is 1. The minimum atomic E-state index is -3.14. The third-order valence-electron chi connectivity index (χ3n) is 5.51. The van der Waals surface area contributed by atoms with Crippen molar-refractivity contribution in [3.63, 3.8) is 0 Å². The van der Waals surface area contributed by atoms with Gasteiger partial charge in [-0.2, -0.15) is 0 Å². The summed E-state index contributed by atoms with van der Waals surface area (Å²) < 4.78 is 23.3. The van der Waals surface area contributed by atoms with Crippen molar-refractivity contribution in [2.45, 2.75) is 37.8 Å². The van der Waals surface area contributed by atoms with E-state index in [0.717, 1.165) is 4.90 Å². The molecule has 0 spiro atoms. The van der Waals surface area contributed by atoms with E-state index in [1.54, 1.807) is 24.3 Å². The van der Waals surface area contributed by atoms with Crippen LogP contribution in [0.3, 0.4) is 0 Å². The number of nitrogens with zero attached hydrogens (tertiary/aromatic N) is 2. The lowest BCUT2D eigenvalue weighted by Crippen LogP contribution is -2.47. The summed E-state index contributed by atoms with van der Waals surface area (Å²) in [5.74, 6) is -0.942. The van der Waals surface area contributed by atoms with Gasteiger partial charge >= 0.3 is 6.03 Å². The Balaban J connectivity index is 1.78. The summed E-state index contributed by atoms with van der Waals surface area (Å²) >= 11 is 0. The number of carbonyl (C=O) groups is 3. The van der Waals surface area contributed by atoms with Crippen LogP contribution in [0.15, 0.2) is 30.3 Å². The highest BCUT2D eigenvalue weighted by atomic mass is 32.2. The molecule has 152 valence electrons. The second-order valence-corrected chi connectivity index (χ2v) is 9.63. The molecule has 0 bridgehead atoms. The van der Waals surface area contributed by atoms with Crippen molar-refractivity contribution >= 4 is 27.7 Å². The van der Waals surface area contributed by atoms with Gasteiger partial charge in [-0.15, -0.1) is 0 Å². The number of carbonyl (C=O) groups excluding carboxylic acids is 3. The fourth-order valence-corrected chi connectivity index (χ4v) is 5.68. The highest BCUT2D eigenvalue weighted by Crippen LogP contribution is 2.33. The maximum absolute atomic E-state index is 13.2. The third kappa shape index (κ3) is 3.63. The fraction of sp³-hybridized carbons (Fsp3) is 0.526. The third-order valence-corrected chi connectivity index (χ3v) is 7.26. The van der Waals surface area contributed by atoms with E-state index in [-0.39, 0.29) is 11.5 Å². The molecule has 2 aliphatic heterocycles. The number of amides is 4. The molecule has 0 radical (unpaired) electrons. The Labute approximate surface area is 164 Å². The van der Waals surface area contributed by atoms with Gasteiger partial charge in [0.1, 0.15) is 12.1 Å². The van der Waals surface area contributed by atoms with Crippen LogP contribution in [-0.2, 0) is 25.0 Å². The van der Waals surface area contributed by atoms with E-state index >= 15 is 0 Å². The van der Waals surface area contributed by atoms with E-state index in [1.165, 1.54) is 11.9 Å². The first-order valence-corrected chi connectivity index (χ1v) is 11.2. The van der Waals surface area contributed by atoms with Crippen LogP contribution < -0.4 is 5.32 Å². The molecule has 0 aromatic heterocycles. The highest BCUT2D eigenvalue weighted by Gasteiger charge is 2.52. The summed E-state index contributed by atoms with van der Waals surface area (Å²) in [7, 11) is -1.62. The Hall–Kier alpha value is -2.42. The molecule has 1 aromatic carbocycles. The van der Waals surface area contributed by atoms with Crippen LogP contribution in [0.2, 0.25) is 0 Å². The van der Waals surface area contributed by atoms with Crippen LogP contribution in [0, 0.1) is 0 Å². The molecule has 1 N–H and O–H groups in total. The Bertz CT molecular complexity index is 886. The molecule has 2 saturated heterocycles. The molecular weight excluding hydrogens is 382 g/mol. The van der Waals surface area contributed by atoms with Gasteiger partial charge < -0.3 is 10.2 Å². The first-order valence-electron chi connectivity index (χ1n) is 9.36. The predicted octanol–water partition coefficient (Wildman–Crippen LogP) is 0.879. The lowest BCUT2D eigenvalue weighted by molar-refractivity contribution is -0.139. The van der Waals surface area contributed by atoms with Gasteiger partial charge in [0.05, 0.1) is 11.5 Å². The Morgan fingerprint density at radius 1 is 1.29 bits per heavy atom. The monoisotopic (exact) mass is 407 g/mol. The summed E-state index contributed by atoms with van der Waals surface area (Å²) in [5, 5.41) is 2.78. The molecule has 2 fully saturated rings. The number of imide groups is 1. The molecule has 0 unspecified atom stereocenters. The van der Waals surface area contributed by atoms with Crippen molar-refractivity contribution in [2.24, 2.45) is 0 Å². The molecule has 28 heavy (non-hydrogen) atoms. The molecule has 2 heterocycles.